The van der Waals surface area contributed by atoms with E-state index in [2.05, 4.69) is 20.5 Å². The minimum Gasteiger partial charge on any atom is -0.348 e. The summed E-state index contributed by atoms with van der Waals surface area (Å²) in [7, 11) is 0. The molecule has 102 valence electrons. The summed E-state index contributed by atoms with van der Waals surface area (Å²) in [5, 5.41) is 9.42. The molecule has 1 atom stereocenters. The Bertz CT molecular complexity index is 681. The molecule has 0 aromatic carbocycles. The van der Waals surface area contributed by atoms with Gasteiger partial charge in [-0.25, -0.2) is 5.10 Å². The van der Waals surface area contributed by atoms with E-state index >= 15 is 0 Å². The van der Waals surface area contributed by atoms with Crippen LogP contribution in [0.1, 0.15) is 28.2 Å². The Morgan fingerprint density at radius 2 is 2.30 bits per heavy atom. The summed E-state index contributed by atoms with van der Waals surface area (Å²) >= 11 is 0. The van der Waals surface area contributed by atoms with E-state index in [0.717, 1.165) is 24.1 Å². The van der Waals surface area contributed by atoms with Crippen LogP contribution in [0.25, 0.3) is 0 Å². The standard InChI is InChI=1S/C14H14N4O2/c19-13-8-9-7-10(4-5-11(9)17-18-13)16-14(20)12-3-1-2-6-15-12/h1-3,6,8,10H,4-5,7H2,(H,16,20)(H,18,19)/t10-/m1/s1. The van der Waals surface area contributed by atoms with Gasteiger partial charge in [0.15, 0.2) is 0 Å². The number of rotatable bonds is 2. The number of hydrogen-bond donors (Lipinski definition) is 2. The van der Waals surface area contributed by atoms with Crippen LogP contribution in [0.3, 0.4) is 0 Å². The number of aromatic amines is 1. The van der Waals surface area contributed by atoms with Crippen LogP contribution in [0.5, 0.6) is 0 Å². The third kappa shape index (κ3) is 2.59. The Kier molecular flexibility index (Phi) is 3.28. The normalized spacial score (nSPS) is 17.3. The molecule has 2 N–H and O–H groups in total. The van der Waals surface area contributed by atoms with Crippen molar-refractivity contribution < 1.29 is 4.79 Å². The summed E-state index contributed by atoms with van der Waals surface area (Å²) in [6, 6.07) is 6.80. The largest absolute Gasteiger partial charge is 0.348 e. The molecule has 1 aliphatic rings. The maximum Gasteiger partial charge on any atom is 0.270 e. The first-order valence-corrected chi connectivity index (χ1v) is 6.52. The van der Waals surface area contributed by atoms with Gasteiger partial charge >= 0.3 is 0 Å². The molecule has 0 fully saturated rings. The average Bonchev–Trinajstić information content (AvgIpc) is 2.47. The average molecular weight is 270 g/mol. The van der Waals surface area contributed by atoms with E-state index in [0.29, 0.717) is 12.1 Å². The van der Waals surface area contributed by atoms with Gasteiger partial charge in [-0.2, -0.15) is 5.10 Å². The second-order valence-corrected chi connectivity index (χ2v) is 4.83. The van der Waals surface area contributed by atoms with Crippen LogP contribution in [-0.2, 0) is 12.8 Å². The molecule has 0 radical (unpaired) electrons. The zero-order chi connectivity index (χ0) is 13.9. The molecular weight excluding hydrogens is 256 g/mol. The van der Waals surface area contributed by atoms with Crippen molar-refractivity contribution in [1.29, 1.82) is 0 Å². The highest BCUT2D eigenvalue weighted by molar-refractivity contribution is 5.92. The van der Waals surface area contributed by atoms with Gasteiger partial charge in [0.25, 0.3) is 11.5 Å². The predicted octanol–water partition coefficient (Wildman–Crippen LogP) is 0.452. The van der Waals surface area contributed by atoms with Gasteiger partial charge in [-0.15, -0.1) is 0 Å². The van der Waals surface area contributed by atoms with E-state index in [4.69, 9.17) is 0 Å². The predicted molar refractivity (Wildman–Crippen MR) is 72.4 cm³/mol. The highest BCUT2D eigenvalue weighted by atomic mass is 16.2. The fourth-order valence-corrected chi connectivity index (χ4v) is 2.42. The van der Waals surface area contributed by atoms with Crippen molar-refractivity contribution >= 4 is 5.91 Å². The lowest BCUT2D eigenvalue weighted by molar-refractivity contribution is 0.0928. The van der Waals surface area contributed by atoms with Gasteiger partial charge in [-0.1, -0.05) is 6.07 Å². The number of nitrogens with one attached hydrogen (secondary N) is 2. The lowest BCUT2D eigenvalue weighted by Gasteiger charge is -2.24. The second kappa shape index (κ2) is 5.24. The van der Waals surface area contributed by atoms with Crippen LogP contribution in [0.2, 0.25) is 0 Å². The first kappa shape index (κ1) is 12.5. The highest BCUT2D eigenvalue weighted by Crippen LogP contribution is 2.17. The fourth-order valence-electron chi connectivity index (χ4n) is 2.42. The molecule has 1 aliphatic carbocycles. The molecule has 3 rings (SSSR count). The number of pyridine rings is 1. The van der Waals surface area contributed by atoms with Crippen molar-refractivity contribution in [2.45, 2.75) is 25.3 Å². The van der Waals surface area contributed by atoms with Gasteiger partial charge in [-0.05, 0) is 37.0 Å². The topological polar surface area (TPSA) is 87.7 Å². The monoisotopic (exact) mass is 270 g/mol. The number of H-pyrrole nitrogens is 1. The molecule has 0 saturated carbocycles. The van der Waals surface area contributed by atoms with Crippen molar-refractivity contribution in [2.24, 2.45) is 0 Å². The Hall–Kier alpha value is -2.50. The Labute approximate surface area is 115 Å². The minimum atomic E-state index is -0.208. The molecule has 2 aromatic rings. The van der Waals surface area contributed by atoms with Gasteiger partial charge < -0.3 is 5.32 Å². The quantitative estimate of drug-likeness (QED) is 0.829. The first-order chi connectivity index (χ1) is 9.72. The lowest BCUT2D eigenvalue weighted by atomic mass is 9.92. The first-order valence-electron chi connectivity index (χ1n) is 6.52. The summed E-state index contributed by atoms with van der Waals surface area (Å²) in [5.41, 5.74) is 2.02. The van der Waals surface area contributed by atoms with Crippen LogP contribution in [0.15, 0.2) is 35.3 Å². The van der Waals surface area contributed by atoms with E-state index in [1.54, 1.807) is 30.5 Å². The maximum atomic E-state index is 12.0. The zero-order valence-corrected chi connectivity index (χ0v) is 10.8. The Morgan fingerprint density at radius 1 is 1.40 bits per heavy atom. The summed E-state index contributed by atoms with van der Waals surface area (Å²) in [6.07, 6.45) is 3.78. The summed E-state index contributed by atoms with van der Waals surface area (Å²) in [4.78, 5) is 27.3. The number of hydrogen-bond acceptors (Lipinski definition) is 4. The molecule has 6 heteroatoms. The van der Waals surface area contributed by atoms with Gasteiger partial charge in [0, 0.05) is 18.3 Å². The molecule has 6 nitrogen and oxygen atoms in total. The van der Waals surface area contributed by atoms with Crippen LogP contribution < -0.4 is 10.9 Å². The Morgan fingerprint density at radius 3 is 3.10 bits per heavy atom. The van der Waals surface area contributed by atoms with E-state index in [9.17, 15) is 9.59 Å². The zero-order valence-electron chi connectivity index (χ0n) is 10.8. The summed E-state index contributed by atoms with van der Waals surface area (Å²) in [5.74, 6) is -0.183. The van der Waals surface area contributed by atoms with E-state index in [1.807, 2.05) is 0 Å². The second-order valence-electron chi connectivity index (χ2n) is 4.83. The van der Waals surface area contributed by atoms with Gasteiger partial charge in [-0.3, -0.25) is 14.6 Å². The highest BCUT2D eigenvalue weighted by Gasteiger charge is 2.22. The number of amides is 1. The smallest absolute Gasteiger partial charge is 0.270 e. The fraction of sp³-hybridized carbons (Fsp3) is 0.286. The molecule has 0 bridgehead atoms. The Balaban J connectivity index is 1.71. The molecule has 2 heterocycles. The minimum absolute atomic E-state index is 0.0145. The number of aromatic nitrogens is 3. The van der Waals surface area contributed by atoms with E-state index in [-0.39, 0.29) is 17.5 Å². The van der Waals surface area contributed by atoms with Crippen LogP contribution in [-0.4, -0.2) is 27.1 Å². The van der Waals surface area contributed by atoms with Crippen LogP contribution in [0, 0.1) is 0 Å². The molecular formula is C14H14N4O2. The molecule has 0 aliphatic heterocycles. The van der Waals surface area contributed by atoms with Crippen molar-refractivity contribution in [2.75, 3.05) is 0 Å². The van der Waals surface area contributed by atoms with Gasteiger partial charge in [0.05, 0.1) is 5.69 Å². The molecule has 2 aromatic heterocycles. The third-order valence-electron chi connectivity index (χ3n) is 3.41. The maximum absolute atomic E-state index is 12.0. The number of carbonyl (C=O) groups excluding carboxylic acids is 1. The molecule has 0 saturated heterocycles. The third-order valence-corrected chi connectivity index (χ3v) is 3.41. The van der Waals surface area contributed by atoms with Crippen molar-refractivity contribution in [3.8, 4) is 0 Å². The number of aryl methyl sites for hydroxylation is 1. The van der Waals surface area contributed by atoms with Crippen LogP contribution in [0.4, 0.5) is 0 Å². The van der Waals surface area contributed by atoms with Crippen molar-refractivity contribution in [1.82, 2.24) is 20.5 Å². The molecule has 20 heavy (non-hydrogen) atoms. The SMILES string of the molecule is O=C(N[C@@H]1CCc2n[nH]c(=O)cc2C1)c1ccccn1. The van der Waals surface area contributed by atoms with Gasteiger partial charge in [0.2, 0.25) is 0 Å². The molecule has 0 unspecified atom stereocenters. The lowest BCUT2D eigenvalue weighted by Crippen LogP contribution is -2.39. The molecule has 0 spiro atoms. The number of carbonyl (C=O) groups is 1. The van der Waals surface area contributed by atoms with Crippen molar-refractivity contribution in [3.63, 3.8) is 0 Å². The summed E-state index contributed by atoms with van der Waals surface area (Å²) < 4.78 is 0. The van der Waals surface area contributed by atoms with Crippen LogP contribution >= 0.6 is 0 Å². The van der Waals surface area contributed by atoms with E-state index < -0.39 is 0 Å². The van der Waals surface area contributed by atoms with Crippen molar-refractivity contribution in [3.05, 3.63) is 57.8 Å². The number of fused-ring (bicyclic) bond motifs is 1. The number of nitrogens with zero attached hydrogens (tertiary/aromatic N) is 2. The van der Waals surface area contributed by atoms with E-state index in [1.165, 1.54) is 0 Å². The van der Waals surface area contributed by atoms with Gasteiger partial charge in [0.1, 0.15) is 5.69 Å². The molecule has 1 amide bonds. The summed E-state index contributed by atoms with van der Waals surface area (Å²) in [6.45, 7) is 0.